The number of nitrogens with one attached hydrogen (secondary N) is 4. The van der Waals surface area contributed by atoms with Crippen LogP contribution in [0.5, 0.6) is 0 Å². The highest BCUT2D eigenvalue weighted by molar-refractivity contribution is 6.22. The standard InChI is InChI=1S/C7H10N4O5/c1-8-5(14)11-7(16-2)3(12)9-6(15)10-4(7)13/h1-2H3,(H2,8,11,14)(H2,9,10,12,13,15). The van der Waals surface area contributed by atoms with Gasteiger partial charge < -0.3 is 10.1 Å². The molecule has 1 saturated heterocycles. The number of carbonyl (C=O) groups is 4. The van der Waals surface area contributed by atoms with Crippen LogP contribution in [-0.2, 0) is 14.3 Å². The fraction of sp³-hybridized carbons (Fsp3) is 0.429. The van der Waals surface area contributed by atoms with Crippen molar-refractivity contribution < 1.29 is 23.9 Å². The first-order valence-corrected chi connectivity index (χ1v) is 4.18. The maximum absolute atomic E-state index is 11.5. The number of barbiturate groups is 1. The highest BCUT2D eigenvalue weighted by atomic mass is 16.5. The van der Waals surface area contributed by atoms with Crippen molar-refractivity contribution in [1.82, 2.24) is 21.3 Å². The fourth-order valence-corrected chi connectivity index (χ4v) is 1.09. The van der Waals surface area contributed by atoms with Crippen molar-refractivity contribution in [2.75, 3.05) is 14.2 Å². The van der Waals surface area contributed by atoms with E-state index in [0.717, 1.165) is 7.11 Å². The van der Waals surface area contributed by atoms with Crippen LogP contribution in [0.1, 0.15) is 0 Å². The first kappa shape index (κ1) is 11.9. The third kappa shape index (κ3) is 1.80. The Balaban J connectivity index is 3.00. The van der Waals surface area contributed by atoms with E-state index in [0.29, 0.717) is 0 Å². The number of urea groups is 2. The summed E-state index contributed by atoms with van der Waals surface area (Å²) in [7, 11) is 2.34. The molecule has 88 valence electrons. The van der Waals surface area contributed by atoms with Gasteiger partial charge in [0.2, 0.25) is 0 Å². The molecule has 0 aromatic rings. The number of methoxy groups -OCH3 is 1. The molecule has 9 nitrogen and oxygen atoms in total. The molecule has 0 spiro atoms. The molecule has 1 fully saturated rings. The Morgan fingerprint density at radius 2 is 1.75 bits per heavy atom. The van der Waals surface area contributed by atoms with Crippen LogP contribution in [0.3, 0.4) is 0 Å². The minimum absolute atomic E-state index is 0.804. The van der Waals surface area contributed by atoms with Gasteiger partial charge in [-0.1, -0.05) is 0 Å². The summed E-state index contributed by atoms with van der Waals surface area (Å²) in [4.78, 5) is 44.8. The average Bonchev–Trinajstić information content (AvgIpc) is 2.23. The molecule has 0 aromatic heterocycles. The molecule has 6 amide bonds. The molecule has 1 heterocycles. The smallest absolute Gasteiger partial charge is 0.328 e. The highest BCUT2D eigenvalue weighted by Gasteiger charge is 2.52. The second-order valence-corrected chi connectivity index (χ2v) is 2.83. The summed E-state index contributed by atoms with van der Waals surface area (Å²) < 4.78 is 4.68. The number of ether oxygens (including phenoxy) is 1. The zero-order chi connectivity index (χ0) is 12.3. The van der Waals surface area contributed by atoms with Crippen molar-refractivity contribution in [3.8, 4) is 0 Å². The van der Waals surface area contributed by atoms with Gasteiger partial charge in [0.1, 0.15) is 0 Å². The predicted molar refractivity (Wildman–Crippen MR) is 49.0 cm³/mol. The zero-order valence-electron chi connectivity index (χ0n) is 8.54. The van der Waals surface area contributed by atoms with Gasteiger partial charge in [-0.3, -0.25) is 25.5 Å². The second-order valence-electron chi connectivity index (χ2n) is 2.83. The summed E-state index contributed by atoms with van der Waals surface area (Å²) in [6.45, 7) is 0. The molecule has 0 radical (unpaired) electrons. The number of imide groups is 2. The van der Waals surface area contributed by atoms with Gasteiger partial charge >= 0.3 is 17.8 Å². The van der Waals surface area contributed by atoms with E-state index in [9.17, 15) is 19.2 Å². The van der Waals surface area contributed by atoms with E-state index in [1.807, 2.05) is 5.32 Å². The number of hydrogen-bond donors (Lipinski definition) is 4. The molecule has 16 heavy (non-hydrogen) atoms. The molecule has 0 aromatic carbocycles. The summed E-state index contributed by atoms with van der Waals surface area (Å²) in [6.07, 6.45) is 0. The first-order valence-electron chi connectivity index (χ1n) is 4.18. The van der Waals surface area contributed by atoms with E-state index in [2.05, 4.69) is 10.1 Å². The Hall–Kier alpha value is -2.16. The van der Waals surface area contributed by atoms with Crippen LogP contribution in [0.2, 0.25) is 0 Å². The van der Waals surface area contributed by atoms with Crippen LogP contribution in [0, 0.1) is 0 Å². The van der Waals surface area contributed by atoms with Crippen LogP contribution in [-0.4, -0.2) is 43.8 Å². The van der Waals surface area contributed by atoms with Crippen molar-refractivity contribution in [1.29, 1.82) is 0 Å². The van der Waals surface area contributed by atoms with Gasteiger partial charge in [-0.25, -0.2) is 9.59 Å². The normalized spacial score (nSPS) is 18.5. The van der Waals surface area contributed by atoms with E-state index in [-0.39, 0.29) is 0 Å². The van der Waals surface area contributed by atoms with Crippen LogP contribution in [0.4, 0.5) is 9.59 Å². The average molecular weight is 230 g/mol. The fourth-order valence-electron chi connectivity index (χ4n) is 1.09. The quantitative estimate of drug-likeness (QED) is 0.311. The molecular weight excluding hydrogens is 220 g/mol. The number of rotatable bonds is 2. The Morgan fingerprint density at radius 1 is 1.25 bits per heavy atom. The summed E-state index contributed by atoms with van der Waals surface area (Å²) in [5.74, 6) is -2.13. The monoisotopic (exact) mass is 230 g/mol. The summed E-state index contributed by atoms with van der Waals surface area (Å²) in [5, 5.41) is 7.76. The lowest BCUT2D eigenvalue weighted by molar-refractivity contribution is -0.161. The molecule has 1 rings (SSSR count). The van der Waals surface area contributed by atoms with Gasteiger partial charge in [0.05, 0.1) is 0 Å². The minimum atomic E-state index is -2.24. The SMILES string of the molecule is CNC(=O)NC1(OC)C(=O)NC(=O)NC1=O. The van der Waals surface area contributed by atoms with Gasteiger partial charge in [0.15, 0.2) is 0 Å². The molecule has 0 bridgehead atoms. The van der Waals surface area contributed by atoms with Crippen LogP contribution in [0.25, 0.3) is 0 Å². The summed E-state index contributed by atoms with van der Waals surface area (Å²) in [6, 6.07) is -1.78. The van der Waals surface area contributed by atoms with Crippen LogP contribution < -0.4 is 21.3 Å². The molecule has 0 saturated carbocycles. The summed E-state index contributed by atoms with van der Waals surface area (Å²) in [5.41, 5.74) is -2.24. The molecule has 4 N–H and O–H groups in total. The third-order valence-corrected chi connectivity index (χ3v) is 1.92. The van der Waals surface area contributed by atoms with Gasteiger partial charge in [-0.15, -0.1) is 0 Å². The maximum atomic E-state index is 11.5. The van der Waals surface area contributed by atoms with Gasteiger partial charge in [-0.2, -0.15) is 0 Å². The van der Waals surface area contributed by atoms with E-state index in [1.165, 1.54) is 7.05 Å². The second kappa shape index (κ2) is 4.14. The topological polar surface area (TPSA) is 126 Å². The molecule has 1 aliphatic rings. The maximum Gasteiger partial charge on any atom is 0.328 e. The highest BCUT2D eigenvalue weighted by Crippen LogP contribution is 2.10. The summed E-state index contributed by atoms with van der Waals surface area (Å²) >= 11 is 0. The van der Waals surface area contributed by atoms with E-state index >= 15 is 0 Å². The van der Waals surface area contributed by atoms with Gasteiger partial charge in [0, 0.05) is 14.2 Å². The Kier molecular flexibility index (Phi) is 3.09. The van der Waals surface area contributed by atoms with Crippen LogP contribution >= 0.6 is 0 Å². The van der Waals surface area contributed by atoms with E-state index < -0.39 is 29.6 Å². The molecule has 9 heteroatoms. The van der Waals surface area contributed by atoms with Crippen LogP contribution in [0.15, 0.2) is 0 Å². The molecule has 0 unspecified atom stereocenters. The molecule has 0 atom stereocenters. The van der Waals surface area contributed by atoms with Crippen molar-refractivity contribution in [2.24, 2.45) is 0 Å². The third-order valence-electron chi connectivity index (χ3n) is 1.92. The van der Waals surface area contributed by atoms with Crippen molar-refractivity contribution in [3.05, 3.63) is 0 Å². The zero-order valence-corrected chi connectivity index (χ0v) is 8.54. The first-order chi connectivity index (χ1) is 7.46. The minimum Gasteiger partial charge on any atom is -0.343 e. The molecular formula is C7H10N4O5. The lowest BCUT2D eigenvalue weighted by Gasteiger charge is -2.32. The van der Waals surface area contributed by atoms with Crippen molar-refractivity contribution in [2.45, 2.75) is 5.72 Å². The largest absolute Gasteiger partial charge is 0.343 e. The Labute approximate surface area is 89.9 Å². The van der Waals surface area contributed by atoms with Crippen molar-refractivity contribution in [3.63, 3.8) is 0 Å². The lowest BCUT2D eigenvalue weighted by atomic mass is 10.1. The van der Waals surface area contributed by atoms with E-state index in [1.54, 1.807) is 10.6 Å². The lowest BCUT2D eigenvalue weighted by Crippen LogP contribution is -2.74. The number of hydrogen-bond acceptors (Lipinski definition) is 5. The number of amides is 6. The predicted octanol–water partition coefficient (Wildman–Crippen LogP) is -2.38. The van der Waals surface area contributed by atoms with E-state index in [4.69, 9.17) is 0 Å². The Bertz CT molecular complexity index is 346. The molecule has 0 aliphatic carbocycles. The van der Waals surface area contributed by atoms with Crippen molar-refractivity contribution >= 4 is 23.9 Å². The van der Waals surface area contributed by atoms with Gasteiger partial charge in [-0.05, 0) is 0 Å². The molecule has 1 aliphatic heterocycles. The number of carbonyl (C=O) groups excluding carboxylic acids is 4. The van der Waals surface area contributed by atoms with Gasteiger partial charge in [0.25, 0.3) is 11.8 Å². The Morgan fingerprint density at radius 3 is 2.12 bits per heavy atom.